The number of nitrogens with one attached hydrogen (secondary N) is 1. The van der Waals surface area contributed by atoms with Gasteiger partial charge in [-0.1, -0.05) is 12.1 Å². The van der Waals surface area contributed by atoms with Crippen molar-refractivity contribution in [2.24, 2.45) is 5.73 Å². The van der Waals surface area contributed by atoms with Gasteiger partial charge >= 0.3 is 11.9 Å². The fourth-order valence-electron chi connectivity index (χ4n) is 5.89. The van der Waals surface area contributed by atoms with Gasteiger partial charge in [-0.25, -0.2) is 18.0 Å². The SMILES string of the molecule is CC(OC(=O)[C@@H]1N2C(=O)C(NC(=O)C(N)c3ccc(O)cc3)[C@H]2SC1(C)C)OC(=O)[C@@H]1N2C(=O)C[C@H]2S(=O)(=O)C1(C)C.Cl. The van der Waals surface area contributed by atoms with Crippen LogP contribution in [-0.4, -0.2) is 97.6 Å². The van der Waals surface area contributed by atoms with E-state index < -0.39 is 90.2 Å². The van der Waals surface area contributed by atoms with Crippen molar-refractivity contribution in [1.82, 2.24) is 15.1 Å². The molecule has 0 aromatic heterocycles. The van der Waals surface area contributed by atoms with Gasteiger partial charge in [0, 0.05) is 11.7 Å². The summed E-state index contributed by atoms with van der Waals surface area (Å²) in [6.45, 7) is 7.43. The van der Waals surface area contributed by atoms with Crippen LogP contribution in [0, 0.1) is 0 Å². The summed E-state index contributed by atoms with van der Waals surface area (Å²) in [6, 6.07) is 1.26. The Balaban J connectivity index is 0.00000423. The summed E-state index contributed by atoms with van der Waals surface area (Å²) in [5.74, 6) is -3.48. The fraction of sp³-hybridized carbons (Fsp3) is 0.577. The first-order chi connectivity index (χ1) is 19.4. The van der Waals surface area contributed by atoms with Gasteiger partial charge < -0.3 is 35.4 Å². The highest BCUT2D eigenvalue weighted by Gasteiger charge is 2.68. The van der Waals surface area contributed by atoms with Crippen LogP contribution in [0.25, 0.3) is 0 Å². The van der Waals surface area contributed by atoms with Crippen molar-refractivity contribution in [3.05, 3.63) is 29.8 Å². The maximum atomic E-state index is 13.3. The zero-order valence-electron chi connectivity index (χ0n) is 23.9. The number of phenolic OH excluding ortho intramolecular Hbond substituents is 1. The van der Waals surface area contributed by atoms with Crippen molar-refractivity contribution >= 4 is 63.7 Å². The number of aromatic hydroxyl groups is 1. The molecule has 4 aliphatic heterocycles. The van der Waals surface area contributed by atoms with E-state index >= 15 is 0 Å². The largest absolute Gasteiger partial charge is 0.508 e. The Hall–Kier alpha value is -3.08. The minimum absolute atomic E-state index is 0. The Labute approximate surface area is 258 Å². The van der Waals surface area contributed by atoms with Crippen molar-refractivity contribution in [3.8, 4) is 5.75 Å². The highest BCUT2D eigenvalue weighted by molar-refractivity contribution is 8.01. The molecule has 0 radical (unpaired) electrons. The molecule has 1 aromatic carbocycles. The molecule has 236 valence electrons. The van der Waals surface area contributed by atoms with Crippen molar-refractivity contribution in [1.29, 1.82) is 0 Å². The monoisotopic (exact) mass is 660 g/mol. The van der Waals surface area contributed by atoms with Crippen LogP contribution in [0.15, 0.2) is 24.3 Å². The third-order valence-corrected chi connectivity index (χ3v) is 12.6. The van der Waals surface area contributed by atoms with Gasteiger partial charge in [-0.2, -0.15) is 0 Å². The fourth-order valence-corrected chi connectivity index (χ4v) is 9.64. The van der Waals surface area contributed by atoms with Gasteiger partial charge in [0.1, 0.15) is 40.7 Å². The van der Waals surface area contributed by atoms with Gasteiger partial charge in [0.2, 0.25) is 24.0 Å². The van der Waals surface area contributed by atoms with E-state index in [-0.39, 0.29) is 24.6 Å². The number of β-lactam (4-membered cyclic amide) rings is 2. The summed E-state index contributed by atoms with van der Waals surface area (Å²) in [7, 11) is -3.83. The molecule has 4 N–H and O–H groups in total. The van der Waals surface area contributed by atoms with Gasteiger partial charge in [-0.05, 0) is 45.4 Å². The number of fused-ring (bicyclic) bond motifs is 2. The Morgan fingerprint density at radius 2 is 1.60 bits per heavy atom. The number of sulfone groups is 1. The summed E-state index contributed by atoms with van der Waals surface area (Å²) in [4.78, 5) is 66.6. The molecule has 3 amide bonds. The number of amides is 3. The number of benzene rings is 1. The molecule has 7 atom stereocenters. The van der Waals surface area contributed by atoms with E-state index in [0.717, 1.165) is 4.90 Å². The van der Waals surface area contributed by atoms with Crippen LogP contribution in [0.1, 0.15) is 52.6 Å². The molecule has 0 bridgehead atoms. The van der Waals surface area contributed by atoms with Gasteiger partial charge in [-0.3, -0.25) is 14.4 Å². The average molecular weight is 661 g/mol. The van der Waals surface area contributed by atoms with Crippen LogP contribution in [0.2, 0.25) is 0 Å². The topological polar surface area (TPSA) is 203 Å². The number of phenols is 1. The third-order valence-electron chi connectivity index (χ3n) is 8.26. The smallest absolute Gasteiger partial charge is 0.333 e. The van der Waals surface area contributed by atoms with Gasteiger partial charge in [0.05, 0.1) is 11.2 Å². The van der Waals surface area contributed by atoms with E-state index in [1.54, 1.807) is 13.8 Å². The second-order valence-electron chi connectivity index (χ2n) is 11.8. The highest BCUT2D eigenvalue weighted by atomic mass is 35.5. The lowest BCUT2D eigenvalue weighted by Crippen LogP contribution is -2.71. The Bertz CT molecular complexity index is 1480. The molecule has 4 saturated heterocycles. The maximum Gasteiger partial charge on any atom is 0.333 e. The summed E-state index contributed by atoms with van der Waals surface area (Å²) in [5.41, 5.74) is 6.47. The van der Waals surface area contributed by atoms with E-state index in [1.807, 2.05) is 0 Å². The number of nitrogens with zero attached hydrogens (tertiary/aromatic N) is 2. The predicted octanol–water partition coefficient (Wildman–Crippen LogP) is -0.0727. The molecule has 4 fully saturated rings. The summed E-state index contributed by atoms with van der Waals surface area (Å²) in [5, 5.41) is 10.4. The number of ether oxygens (including phenoxy) is 2. The molecule has 4 heterocycles. The Morgan fingerprint density at radius 1 is 1.05 bits per heavy atom. The van der Waals surface area contributed by atoms with Crippen molar-refractivity contribution in [2.45, 2.75) is 91.7 Å². The van der Waals surface area contributed by atoms with Gasteiger partial charge in [0.15, 0.2) is 9.84 Å². The minimum atomic E-state index is -3.83. The lowest BCUT2D eigenvalue weighted by Gasteiger charge is -2.44. The second-order valence-corrected chi connectivity index (χ2v) is 16.2. The second kappa shape index (κ2) is 10.8. The molecule has 3 unspecified atom stereocenters. The van der Waals surface area contributed by atoms with Crippen LogP contribution < -0.4 is 11.1 Å². The number of hydrogen-bond donors (Lipinski definition) is 3. The van der Waals surface area contributed by atoms with E-state index in [1.165, 1.54) is 61.7 Å². The number of hydrogen-bond acceptors (Lipinski definition) is 12. The van der Waals surface area contributed by atoms with Crippen molar-refractivity contribution in [3.63, 3.8) is 0 Å². The summed E-state index contributed by atoms with van der Waals surface area (Å²) in [6.07, 6.45) is -1.65. The molecular formula is C26H33ClN4O10S2. The first-order valence-electron chi connectivity index (χ1n) is 13.2. The molecule has 4 aliphatic rings. The standard InChI is InChI=1S/C26H32N4O10S2.ClH/c1-11(40-24(36)19-26(4,5)42(37,38)15-10-14(32)29(15)19)39-23(35)18-25(2,3)41-22-17(21(34)30(18)22)28-20(33)16(27)12-6-8-13(31)9-7-12;/h6-9,11,15-19,22,31H,10,27H2,1-5H3,(H,28,33);1H/t11?,15-,16?,17?,18+,19+,22-;/m1./s1. The van der Waals surface area contributed by atoms with E-state index in [2.05, 4.69) is 5.32 Å². The quantitative estimate of drug-likeness (QED) is 0.200. The van der Waals surface area contributed by atoms with Crippen LogP contribution in [-0.2, 0) is 43.3 Å². The number of carbonyl (C=O) groups is 5. The predicted molar refractivity (Wildman–Crippen MR) is 154 cm³/mol. The molecule has 0 spiro atoms. The molecule has 14 nitrogen and oxygen atoms in total. The van der Waals surface area contributed by atoms with E-state index in [9.17, 15) is 37.5 Å². The molecule has 0 aliphatic carbocycles. The van der Waals surface area contributed by atoms with E-state index in [4.69, 9.17) is 15.2 Å². The number of nitrogens with two attached hydrogens (primary N) is 1. The molecule has 43 heavy (non-hydrogen) atoms. The summed E-state index contributed by atoms with van der Waals surface area (Å²) >= 11 is 1.28. The summed E-state index contributed by atoms with van der Waals surface area (Å²) < 4.78 is 33.8. The minimum Gasteiger partial charge on any atom is -0.508 e. The van der Waals surface area contributed by atoms with Crippen molar-refractivity contribution < 1.29 is 47.0 Å². The van der Waals surface area contributed by atoms with Crippen LogP contribution in [0.3, 0.4) is 0 Å². The average Bonchev–Trinajstić information content (AvgIpc) is 3.22. The van der Waals surface area contributed by atoms with Gasteiger partial charge in [-0.15, -0.1) is 24.2 Å². The van der Waals surface area contributed by atoms with Crippen LogP contribution in [0.4, 0.5) is 0 Å². The first-order valence-corrected chi connectivity index (χ1v) is 15.6. The molecule has 17 heteroatoms. The third kappa shape index (κ3) is 5.01. The lowest BCUT2D eigenvalue weighted by molar-refractivity contribution is -0.196. The highest BCUT2D eigenvalue weighted by Crippen LogP contribution is 2.51. The van der Waals surface area contributed by atoms with Crippen molar-refractivity contribution in [2.75, 3.05) is 0 Å². The molecular weight excluding hydrogens is 628 g/mol. The van der Waals surface area contributed by atoms with Gasteiger partial charge in [0.25, 0.3) is 0 Å². The maximum absolute atomic E-state index is 13.3. The number of halogens is 1. The number of thioether (sulfide) groups is 1. The molecule has 1 aromatic rings. The molecule has 0 saturated carbocycles. The zero-order chi connectivity index (χ0) is 31.1. The van der Waals surface area contributed by atoms with Crippen LogP contribution >= 0.6 is 24.2 Å². The normalized spacial score (nSPS) is 30.4. The lowest BCUT2D eigenvalue weighted by atomic mass is 9.95. The number of esters is 2. The number of carbonyl (C=O) groups excluding carboxylic acids is 5. The Morgan fingerprint density at radius 3 is 2.16 bits per heavy atom. The number of rotatable bonds is 7. The molecule has 5 rings (SSSR count). The Kier molecular flexibility index (Phi) is 8.26. The van der Waals surface area contributed by atoms with E-state index in [0.29, 0.717) is 5.56 Å². The van der Waals surface area contributed by atoms with Crippen LogP contribution in [0.5, 0.6) is 5.75 Å². The first kappa shape index (κ1) is 32.8. The zero-order valence-corrected chi connectivity index (χ0v) is 26.3.